The normalized spacial score (nSPS) is 17.9. The van der Waals surface area contributed by atoms with Gasteiger partial charge in [0, 0.05) is 5.57 Å². The largest absolute Gasteiger partial charge is 0.463 e. The molecule has 0 aromatic heterocycles. The van der Waals surface area contributed by atoms with Gasteiger partial charge < -0.3 is 9.47 Å². The van der Waals surface area contributed by atoms with E-state index in [1.807, 2.05) is 13.8 Å². The second-order valence-electron chi connectivity index (χ2n) is 5.63. The third-order valence-corrected chi connectivity index (χ3v) is 3.26. The molecule has 0 aromatic rings. The molecule has 0 aliphatic heterocycles. The molecule has 0 N–H and O–H groups in total. The first-order valence-corrected chi connectivity index (χ1v) is 6.93. The Morgan fingerprint density at radius 3 is 2.26 bits per heavy atom. The van der Waals surface area contributed by atoms with E-state index in [1.165, 1.54) is 0 Å². The van der Waals surface area contributed by atoms with Crippen molar-refractivity contribution >= 4 is 11.9 Å². The Morgan fingerprint density at radius 1 is 1.21 bits per heavy atom. The van der Waals surface area contributed by atoms with Gasteiger partial charge in [0.05, 0.1) is 12.5 Å². The van der Waals surface area contributed by atoms with Crippen LogP contribution in [0.1, 0.15) is 59.3 Å². The zero-order chi connectivity index (χ0) is 14.5. The molecule has 1 fully saturated rings. The highest BCUT2D eigenvalue weighted by molar-refractivity contribution is 5.87. The summed E-state index contributed by atoms with van der Waals surface area (Å²) in [6, 6.07) is 0. The number of ether oxygens (including phenoxy) is 2. The van der Waals surface area contributed by atoms with Crippen LogP contribution >= 0.6 is 0 Å². The van der Waals surface area contributed by atoms with Crippen LogP contribution in [0.2, 0.25) is 0 Å². The molecule has 108 valence electrons. The van der Waals surface area contributed by atoms with Crippen LogP contribution in [0, 0.1) is 0 Å². The van der Waals surface area contributed by atoms with Crippen molar-refractivity contribution < 1.29 is 19.1 Å². The lowest BCUT2D eigenvalue weighted by Gasteiger charge is -2.36. The molecule has 1 aliphatic rings. The lowest BCUT2D eigenvalue weighted by atomic mass is 9.82. The molecule has 0 spiro atoms. The predicted octanol–water partition coefficient (Wildman–Crippen LogP) is 3.15. The number of hydrogen-bond donors (Lipinski definition) is 0. The third-order valence-electron chi connectivity index (χ3n) is 3.26. The SMILES string of the molecule is C=C(C)C(=O)OC1(CC(=O)OC(C)C)CCCCC1. The van der Waals surface area contributed by atoms with Crippen LogP contribution in [0.5, 0.6) is 0 Å². The van der Waals surface area contributed by atoms with Crippen molar-refractivity contribution in [3.63, 3.8) is 0 Å². The fraction of sp³-hybridized carbons (Fsp3) is 0.733. The van der Waals surface area contributed by atoms with Gasteiger partial charge in [0.25, 0.3) is 0 Å². The fourth-order valence-corrected chi connectivity index (χ4v) is 2.36. The smallest absolute Gasteiger partial charge is 0.333 e. The quantitative estimate of drug-likeness (QED) is 0.567. The van der Waals surface area contributed by atoms with E-state index in [9.17, 15) is 9.59 Å². The van der Waals surface area contributed by atoms with E-state index in [1.54, 1.807) is 6.92 Å². The highest BCUT2D eigenvalue weighted by Gasteiger charge is 2.39. The van der Waals surface area contributed by atoms with Crippen LogP contribution in [0.4, 0.5) is 0 Å². The molecule has 0 aromatic carbocycles. The van der Waals surface area contributed by atoms with Gasteiger partial charge in [-0.2, -0.15) is 0 Å². The van der Waals surface area contributed by atoms with Crippen LogP contribution in [0.3, 0.4) is 0 Å². The highest BCUT2D eigenvalue weighted by atomic mass is 16.6. The Morgan fingerprint density at radius 2 is 1.79 bits per heavy atom. The van der Waals surface area contributed by atoms with Crippen molar-refractivity contribution in [2.75, 3.05) is 0 Å². The van der Waals surface area contributed by atoms with Crippen molar-refractivity contribution in [3.05, 3.63) is 12.2 Å². The van der Waals surface area contributed by atoms with E-state index in [2.05, 4.69) is 6.58 Å². The summed E-state index contributed by atoms with van der Waals surface area (Å²) in [4.78, 5) is 23.6. The van der Waals surface area contributed by atoms with E-state index in [0.717, 1.165) is 32.1 Å². The Balaban J connectivity index is 2.72. The molecule has 0 heterocycles. The van der Waals surface area contributed by atoms with Crippen LogP contribution in [0.15, 0.2) is 12.2 Å². The van der Waals surface area contributed by atoms with Gasteiger partial charge >= 0.3 is 11.9 Å². The maximum atomic E-state index is 11.8. The van der Waals surface area contributed by atoms with Crippen LogP contribution in [-0.4, -0.2) is 23.6 Å². The zero-order valence-electron chi connectivity index (χ0n) is 12.2. The Bertz CT molecular complexity index is 351. The minimum Gasteiger partial charge on any atom is -0.463 e. The van der Waals surface area contributed by atoms with Gasteiger partial charge in [0.15, 0.2) is 0 Å². The number of carbonyl (C=O) groups excluding carboxylic acids is 2. The summed E-state index contributed by atoms with van der Waals surface area (Å²) >= 11 is 0. The second kappa shape index (κ2) is 6.73. The standard InChI is InChI=1S/C15H24O4/c1-11(2)14(17)19-15(8-6-5-7-9-15)10-13(16)18-12(3)4/h12H,1,5-10H2,2-4H3. The van der Waals surface area contributed by atoms with Crippen LogP contribution in [-0.2, 0) is 19.1 Å². The second-order valence-corrected chi connectivity index (χ2v) is 5.63. The molecule has 4 heteroatoms. The minimum absolute atomic E-state index is 0.143. The van der Waals surface area contributed by atoms with Gasteiger partial charge in [0.2, 0.25) is 0 Å². The molecule has 4 nitrogen and oxygen atoms in total. The predicted molar refractivity (Wildman–Crippen MR) is 72.6 cm³/mol. The molecule has 0 amide bonds. The number of esters is 2. The van der Waals surface area contributed by atoms with Gasteiger partial charge in [-0.3, -0.25) is 4.79 Å². The Hall–Kier alpha value is -1.32. The summed E-state index contributed by atoms with van der Waals surface area (Å²) in [6.45, 7) is 8.83. The molecule has 1 rings (SSSR count). The lowest BCUT2D eigenvalue weighted by Crippen LogP contribution is -2.40. The molecule has 0 radical (unpaired) electrons. The molecule has 0 bridgehead atoms. The number of rotatable bonds is 5. The zero-order valence-corrected chi connectivity index (χ0v) is 12.2. The molecular weight excluding hydrogens is 244 g/mol. The molecule has 1 aliphatic carbocycles. The Labute approximate surface area is 115 Å². The third kappa shape index (κ3) is 5.05. The maximum absolute atomic E-state index is 11.8. The van der Waals surface area contributed by atoms with Crippen LogP contribution in [0.25, 0.3) is 0 Å². The van der Waals surface area contributed by atoms with E-state index in [4.69, 9.17) is 9.47 Å². The summed E-state index contributed by atoms with van der Waals surface area (Å²) < 4.78 is 10.7. The number of hydrogen-bond acceptors (Lipinski definition) is 4. The highest BCUT2D eigenvalue weighted by Crippen LogP contribution is 2.35. The van der Waals surface area contributed by atoms with Crippen molar-refractivity contribution in [2.24, 2.45) is 0 Å². The van der Waals surface area contributed by atoms with Crippen molar-refractivity contribution in [2.45, 2.75) is 71.0 Å². The van der Waals surface area contributed by atoms with E-state index < -0.39 is 11.6 Å². The lowest BCUT2D eigenvalue weighted by molar-refractivity contribution is -0.168. The average molecular weight is 268 g/mol. The minimum atomic E-state index is -0.694. The Kier molecular flexibility index (Phi) is 5.58. The van der Waals surface area contributed by atoms with Gasteiger partial charge in [-0.1, -0.05) is 13.0 Å². The molecule has 1 saturated carbocycles. The molecule has 19 heavy (non-hydrogen) atoms. The van der Waals surface area contributed by atoms with E-state index in [-0.39, 0.29) is 18.5 Å². The van der Waals surface area contributed by atoms with Gasteiger partial charge in [-0.25, -0.2) is 4.79 Å². The summed E-state index contributed by atoms with van der Waals surface area (Å²) in [5.41, 5.74) is -0.331. The first-order chi connectivity index (χ1) is 8.84. The first-order valence-electron chi connectivity index (χ1n) is 6.93. The molecule has 0 saturated heterocycles. The number of carbonyl (C=O) groups is 2. The monoisotopic (exact) mass is 268 g/mol. The summed E-state index contributed by atoms with van der Waals surface area (Å²) in [7, 11) is 0. The van der Waals surface area contributed by atoms with Crippen molar-refractivity contribution in [1.82, 2.24) is 0 Å². The van der Waals surface area contributed by atoms with Gasteiger partial charge in [-0.05, 0) is 46.5 Å². The summed E-state index contributed by atoms with van der Waals surface area (Å²) in [6.07, 6.45) is 4.50. The van der Waals surface area contributed by atoms with Crippen LogP contribution < -0.4 is 0 Å². The van der Waals surface area contributed by atoms with Crippen molar-refractivity contribution in [3.8, 4) is 0 Å². The van der Waals surface area contributed by atoms with Crippen molar-refractivity contribution in [1.29, 1.82) is 0 Å². The fourth-order valence-electron chi connectivity index (χ4n) is 2.36. The average Bonchev–Trinajstić information content (AvgIpc) is 2.28. The molecular formula is C15H24O4. The molecule has 0 unspecified atom stereocenters. The first kappa shape index (κ1) is 15.7. The topological polar surface area (TPSA) is 52.6 Å². The van der Waals surface area contributed by atoms with Gasteiger partial charge in [-0.15, -0.1) is 0 Å². The maximum Gasteiger partial charge on any atom is 0.333 e. The summed E-state index contributed by atoms with van der Waals surface area (Å²) in [5.74, 6) is -0.717. The van der Waals surface area contributed by atoms with Gasteiger partial charge in [0.1, 0.15) is 5.60 Å². The van der Waals surface area contributed by atoms with E-state index in [0.29, 0.717) is 5.57 Å². The molecule has 0 atom stereocenters. The van der Waals surface area contributed by atoms with E-state index >= 15 is 0 Å². The summed E-state index contributed by atoms with van der Waals surface area (Å²) in [5, 5.41) is 0.